The lowest BCUT2D eigenvalue weighted by molar-refractivity contribution is -0.0250. The van der Waals surface area contributed by atoms with Gasteiger partial charge in [0.05, 0.1) is 20.3 Å². The molecule has 6 heteroatoms. The second kappa shape index (κ2) is 12.3. The molecule has 2 aromatic carbocycles. The molecule has 0 spiro atoms. The van der Waals surface area contributed by atoms with Crippen LogP contribution in [-0.2, 0) is 11.2 Å². The maximum absolute atomic E-state index is 6.16. The number of benzene rings is 2. The predicted molar refractivity (Wildman–Crippen MR) is 130 cm³/mol. The summed E-state index contributed by atoms with van der Waals surface area (Å²) in [6.07, 6.45) is 3.20. The van der Waals surface area contributed by atoms with E-state index in [4.69, 9.17) is 19.2 Å². The van der Waals surface area contributed by atoms with E-state index in [1.54, 1.807) is 14.2 Å². The third-order valence-corrected chi connectivity index (χ3v) is 5.83. The molecular weight excluding hydrogens is 402 g/mol. The number of guanidine groups is 1. The minimum atomic E-state index is 0.114. The van der Waals surface area contributed by atoms with Crippen LogP contribution in [-0.4, -0.2) is 46.4 Å². The third kappa shape index (κ3) is 6.63. The number of rotatable bonds is 9. The molecule has 2 aromatic rings. The van der Waals surface area contributed by atoms with Gasteiger partial charge in [-0.15, -0.1) is 0 Å². The van der Waals surface area contributed by atoms with E-state index in [1.807, 2.05) is 12.1 Å². The monoisotopic (exact) mass is 439 g/mol. The summed E-state index contributed by atoms with van der Waals surface area (Å²) in [4.78, 5) is 4.89. The summed E-state index contributed by atoms with van der Waals surface area (Å²) in [5, 5.41) is 6.83. The summed E-state index contributed by atoms with van der Waals surface area (Å²) >= 11 is 0. The van der Waals surface area contributed by atoms with E-state index < -0.39 is 0 Å². The largest absolute Gasteiger partial charge is 0.493 e. The van der Waals surface area contributed by atoms with Crippen molar-refractivity contribution in [2.75, 3.05) is 40.5 Å². The van der Waals surface area contributed by atoms with Gasteiger partial charge in [0.15, 0.2) is 17.5 Å². The number of hydrogen-bond donors (Lipinski definition) is 2. The highest BCUT2D eigenvalue weighted by molar-refractivity contribution is 5.79. The molecule has 1 heterocycles. The molecule has 0 radical (unpaired) electrons. The van der Waals surface area contributed by atoms with Crippen LogP contribution in [0.25, 0.3) is 0 Å². The average molecular weight is 440 g/mol. The van der Waals surface area contributed by atoms with Crippen molar-refractivity contribution in [2.45, 2.75) is 39.2 Å². The van der Waals surface area contributed by atoms with Crippen LogP contribution in [0.5, 0.6) is 11.5 Å². The summed E-state index contributed by atoms with van der Waals surface area (Å²) in [6, 6.07) is 14.7. The summed E-state index contributed by atoms with van der Waals surface area (Å²) in [7, 11) is 3.31. The number of methoxy groups -OCH3 is 2. The highest BCUT2D eigenvalue weighted by Crippen LogP contribution is 2.34. The van der Waals surface area contributed by atoms with Crippen molar-refractivity contribution < 1.29 is 14.2 Å². The Balaban J connectivity index is 1.59. The fourth-order valence-electron chi connectivity index (χ4n) is 4.07. The van der Waals surface area contributed by atoms with Crippen molar-refractivity contribution in [1.29, 1.82) is 0 Å². The van der Waals surface area contributed by atoms with Crippen LogP contribution in [0, 0.1) is 12.8 Å². The Kier molecular flexibility index (Phi) is 9.23. The number of aryl methyl sites for hydroxylation is 1. The zero-order valence-electron chi connectivity index (χ0n) is 19.8. The Bertz CT molecular complexity index is 867. The molecule has 1 saturated heterocycles. The minimum absolute atomic E-state index is 0.114. The lowest BCUT2D eigenvalue weighted by Gasteiger charge is -2.31. The van der Waals surface area contributed by atoms with Crippen molar-refractivity contribution in [1.82, 2.24) is 10.6 Å². The highest BCUT2D eigenvalue weighted by Gasteiger charge is 2.27. The van der Waals surface area contributed by atoms with Crippen molar-refractivity contribution in [2.24, 2.45) is 10.9 Å². The normalized spacial score (nSPS) is 18.8. The van der Waals surface area contributed by atoms with Crippen molar-refractivity contribution in [3.63, 3.8) is 0 Å². The summed E-state index contributed by atoms with van der Waals surface area (Å²) in [5.74, 6) is 2.73. The maximum atomic E-state index is 6.16. The first-order valence-electron chi connectivity index (χ1n) is 11.6. The zero-order chi connectivity index (χ0) is 22.8. The second-order valence-electron chi connectivity index (χ2n) is 8.19. The van der Waals surface area contributed by atoms with Crippen LogP contribution in [0.1, 0.15) is 42.6 Å². The molecule has 1 fully saturated rings. The van der Waals surface area contributed by atoms with Crippen molar-refractivity contribution in [3.05, 3.63) is 59.2 Å². The van der Waals surface area contributed by atoms with Gasteiger partial charge in [0, 0.05) is 32.2 Å². The van der Waals surface area contributed by atoms with Gasteiger partial charge in [0.2, 0.25) is 0 Å². The number of aliphatic imine (C=N–C) groups is 1. The van der Waals surface area contributed by atoms with Gasteiger partial charge < -0.3 is 24.8 Å². The number of hydrogen-bond acceptors (Lipinski definition) is 4. The van der Waals surface area contributed by atoms with Gasteiger partial charge in [-0.1, -0.05) is 35.9 Å². The Hall–Kier alpha value is -2.73. The SMILES string of the molecule is CCNC(=NCC1CCCOC1c1ccc(C)cc1)NCCc1ccc(OC)c(OC)c1. The summed E-state index contributed by atoms with van der Waals surface area (Å²) < 4.78 is 16.9. The lowest BCUT2D eigenvalue weighted by Crippen LogP contribution is -2.39. The summed E-state index contributed by atoms with van der Waals surface area (Å²) in [6.45, 7) is 7.37. The van der Waals surface area contributed by atoms with E-state index in [9.17, 15) is 0 Å². The van der Waals surface area contributed by atoms with Crippen LogP contribution < -0.4 is 20.1 Å². The number of ether oxygens (including phenoxy) is 3. The molecule has 1 aliphatic heterocycles. The van der Waals surface area contributed by atoms with E-state index >= 15 is 0 Å². The Morgan fingerprint density at radius 2 is 1.84 bits per heavy atom. The molecule has 6 nitrogen and oxygen atoms in total. The molecule has 2 atom stereocenters. The van der Waals surface area contributed by atoms with Crippen LogP contribution in [0.3, 0.4) is 0 Å². The van der Waals surface area contributed by atoms with E-state index in [0.717, 1.165) is 63.0 Å². The van der Waals surface area contributed by atoms with Crippen LogP contribution in [0.2, 0.25) is 0 Å². The van der Waals surface area contributed by atoms with Crippen molar-refractivity contribution >= 4 is 5.96 Å². The first kappa shape index (κ1) is 23.9. The fraction of sp³-hybridized carbons (Fsp3) is 0.500. The number of nitrogens with one attached hydrogen (secondary N) is 2. The van der Waals surface area contributed by atoms with Gasteiger partial charge in [-0.3, -0.25) is 4.99 Å². The molecule has 3 rings (SSSR count). The van der Waals surface area contributed by atoms with Gasteiger partial charge in [0.1, 0.15) is 0 Å². The van der Waals surface area contributed by atoms with Crippen LogP contribution in [0.15, 0.2) is 47.5 Å². The molecule has 32 heavy (non-hydrogen) atoms. The molecule has 2 unspecified atom stereocenters. The zero-order valence-corrected chi connectivity index (χ0v) is 19.8. The summed E-state index contributed by atoms with van der Waals surface area (Å²) in [5.41, 5.74) is 3.71. The van der Waals surface area contributed by atoms with Crippen molar-refractivity contribution in [3.8, 4) is 11.5 Å². The standard InChI is InChI=1S/C26H37N3O3/c1-5-27-26(28-15-14-20-10-13-23(30-3)24(17-20)31-4)29-18-22-7-6-16-32-25(22)21-11-8-19(2)9-12-21/h8-13,17,22,25H,5-7,14-16,18H2,1-4H3,(H2,27,28,29). The minimum Gasteiger partial charge on any atom is -0.493 e. The molecule has 0 bridgehead atoms. The molecular formula is C26H37N3O3. The Morgan fingerprint density at radius 1 is 1.06 bits per heavy atom. The smallest absolute Gasteiger partial charge is 0.191 e. The molecule has 0 aliphatic carbocycles. The molecule has 0 saturated carbocycles. The van der Waals surface area contributed by atoms with Gasteiger partial charge in [-0.25, -0.2) is 0 Å². The quantitative estimate of drug-likeness (QED) is 0.451. The van der Waals surface area contributed by atoms with Gasteiger partial charge in [0.25, 0.3) is 0 Å². The average Bonchev–Trinajstić information content (AvgIpc) is 2.83. The molecule has 2 N–H and O–H groups in total. The number of nitrogens with zero attached hydrogens (tertiary/aromatic N) is 1. The molecule has 0 amide bonds. The topological polar surface area (TPSA) is 64.1 Å². The first-order chi connectivity index (χ1) is 15.6. The molecule has 1 aliphatic rings. The van der Waals surface area contributed by atoms with Crippen LogP contribution >= 0.6 is 0 Å². The highest BCUT2D eigenvalue weighted by atomic mass is 16.5. The molecule has 174 valence electrons. The van der Waals surface area contributed by atoms with Gasteiger partial charge in [-0.2, -0.15) is 0 Å². The van der Waals surface area contributed by atoms with Gasteiger partial charge >= 0.3 is 0 Å². The lowest BCUT2D eigenvalue weighted by atomic mass is 9.89. The molecule has 0 aromatic heterocycles. The van der Waals surface area contributed by atoms with E-state index in [2.05, 4.69) is 54.8 Å². The fourth-order valence-corrected chi connectivity index (χ4v) is 4.07. The first-order valence-corrected chi connectivity index (χ1v) is 11.6. The Morgan fingerprint density at radius 3 is 2.56 bits per heavy atom. The predicted octanol–water partition coefficient (Wildman–Crippen LogP) is 4.28. The Labute approximate surface area is 192 Å². The second-order valence-corrected chi connectivity index (χ2v) is 8.19. The van der Waals surface area contributed by atoms with Gasteiger partial charge in [-0.05, 0) is 56.4 Å². The third-order valence-electron chi connectivity index (χ3n) is 5.83. The maximum Gasteiger partial charge on any atom is 0.191 e. The van der Waals surface area contributed by atoms with E-state index in [-0.39, 0.29) is 6.10 Å². The van der Waals surface area contributed by atoms with E-state index in [1.165, 1.54) is 16.7 Å². The van der Waals surface area contributed by atoms with E-state index in [0.29, 0.717) is 5.92 Å². The van der Waals surface area contributed by atoms with Crippen LogP contribution in [0.4, 0.5) is 0 Å².